The van der Waals surface area contributed by atoms with E-state index in [1.807, 2.05) is 30.3 Å². The van der Waals surface area contributed by atoms with Gasteiger partial charge in [0.15, 0.2) is 0 Å². The Balaban J connectivity index is 2.55. The third-order valence-corrected chi connectivity index (χ3v) is 2.84. The molecule has 2 nitrogen and oxygen atoms in total. The molecule has 0 bridgehead atoms. The van der Waals surface area contributed by atoms with Crippen molar-refractivity contribution >= 4 is 34.1 Å². The molecule has 0 fully saturated rings. The largest absolute Gasteiger partial charge is 0.273 e. The number of benzene rings is 2. The molecule has 0 saturated carbocycles. The van der Waals surface area contributed by atoms with Gasteiger partial charge in [0.05, 0.1) is 11.3 Å². The first kappa shape index (κ1) is 7.83. The molecule has 3 rings (SSSR count). The van der Waals surface area contributed by atoms with E-state index in [1.165, 1.54) is 4.42 Å². The number of halogens is 1. The number of carbonyl (C=O) groups is 1. The molecular weight excluding hydrogens is 198 g/mol. The normalized spacial score (nSPS) is 14.1. The van der Waals surface area contributed by atoms with Crippen LogP contribution in [0, 0.1) is 0 Å². The van der Waals surface area contributed by atoms with Gasteiger partial charge in [-0.2, -0.15) is 0 Å². The molecule has 2 aromatic carbocycles. The van der Waals surface area contributed by atoms with E-state index in [2.05, 4.69) is 0 Å². The second-order valence-corrected chi connectivity index (χ2v) is 3.60. The summed E-state index contributed by atoms with van der Waals surface area (Å²) in [5.74, 6) is -0.140. The zero-order chi connectivity index (χ0) is 9.71. The van der Waals surface area contributed by atoms with Crippen LogP contribution >= 0.6 is 11.8 Å². The van der Waals surface area contributed by atoms with E-state index in [0.717, 1.165) is 16.5 Å². The van der Waals surface area contributed by atoms with Gasteiger partial charge in [-0.05, 0) is 17.5 Å². The van der Waals surface area contributed by atoms with Crippen molar-refractivity contribution in [1.29, 1.82) is 0 Å². The highest BCUT2D eigenvalue weighted by atomic mass is 35.5. The van der Waals surface area contributed by atoms with Gasteiger partial charge in [-0.1, -0.05) is 24.3 Å². The fourth-order valence-electron chi connectivity index (χ4n) is 1.88. The highest BCUT2D eigenvalue weighted by molar-refractivity contribution is 6.45. The van der Waals surface area contributed by atoms with Crippen molar-refractivity contribution in [3.05, 3.63) is 42.0 Å². The van der Waals surface area contributed by atoms with Crippen LogP contribution in [0.3, 0.4) is 0 Å². The van der Waals surface area contributed by atoms with Crippen molar-refractivity contribution in [2.75, 3.05) is 4.42 Å². The van der Waals surface area contributed by atoms with Gasteiger partial charge in [0, 0.05) is 17.2 Å². The molecule has 0 saturated heterocycles. The minimum atomic E-state index is -0.140. The van der Waals surface area contributed by atoms with Crippen LogP contribution in [0.15, 0.2) is 36.4 Å². The Labute approximate surface area is 85.8 Å². The number of carbonyl (C=O) groups excluding carboxylic acids is 1. The number of hydrogen-bond donors (Lipinski definition) is 0. The zero-order valence-electron chi connectivity index (χ0n) is 7.20. The molecule has 0 N–H and O–H groups in total. The van der Waals surface area contributed by atoms with Crippen LogP contribution in [0.25, 0.3) is 10.8 Å². The van der Waals surface area contributed by atoms with Gasteiger partial charge < -0.3 is 0 Å². The molecule has 1 heterocycles. The maximum absolute atomic E-state index is 11.7. The molecule has 3 heteroatoms. The molecule has 0 spiro atoms. The van der Waals surface area contributed by atoms with E-state index in [1.54, 1.807) is 6.07 Å². The topological polar surface area (TPSA) is 20.3 Å². The summed E-state index contributed by atoms with van der Waals surface area (Å²) in [5.41, 5.74) is 1.47. The predicted molar refractivity (Wildman–Crippen MR) is 56.6 cm³/mol. The van der Waals surface area contributed by atoms with Gasteiger partial charge >= 0.3 is 0 Å². The summed E-state index contributed by atoms with van der Waals surface area (Å²) in [7, 11) is 0. The highest BCUT2D eigenvalue weighted by Gasteiger charge is 2.27. The van der Waals surface area contributed by atoms with Crippen molar-refractivity contribution < 1.29 is 4.79 Å². The fraction of sp³-hybridized carbons (Fsp3) is 0. The molecule has 14 heavy (non-hydrogen) atoms. The summed E-state index contributed by atoms with van der Waals surface area (Å²) < 4.78 is 1.18. The molecule has 2 aromatic rings. The predicted octanol–water partition coefficient (Wildman–Crippen LogP) is 2.95. The average Bonchev–Trinajstić information content (AvgIpc) is 2.47. The Morgan fingerprint density at radius 3 is 2.57 bits per heavy atom. The highest BCUT2D eigenvalue weighted by Crippen LogP contribution is 2.37. The maximum Gasteiger partial charge on any atom is 0.273 e. The third kappa shape index (κ3) is 0.788. The summed E-state index contributed by atoms with van der Waals surface area (Å²) in [5, 5.41) is 2.01. The van der Waals surface area contributed by atoms with Crippen molar-refractivity contribution in [3.63, 3.8) is 0 Å². The van der Waals surface area contributed by atoms with E-state index in [4.69, 9.17) is 11.8 Å². The van der Waals surface area contributed by atoms with Crippen LogP contribution in [-0.4, -0.2) is 5.91 Å². The van der Waals surface area contributed by atoms with Gasteiger partial charge in [-0.25, -0.2) is 4.42 Å². The average molecular weight is 204 g/mol. The molecule has 1 aliphatic rings. The van der Waals surface area contributed by atoms with Gasteiger partial charge in [0.25, 0.3) is 5.91 Å². The number of amides is 1. The molecule has 0 atom stereocenters. The SMILES string of the molecule is O=C1c2cccc3cccc(c23)N1Cl. The van der Waals surface area contributed by atoms with Crippen molar-refractivity contribution in [1.82, 2.24) is 0 Å². The number of nitrogens with zero attached hydrogens (tertiary/aromatic N) is 1. The van der Waals surface area contributed by atoms with E-state index in [9.17, 15) is 4.79 Å². The third-order valence-electron chi connectivity index (χ3n) is 2.50. The Bertz CT molecular complexity index is 545. The maximum atomic E-state index is 11.7. The number of hydrogen-bond acceptors (Lipinski definition) is 1. The molecule has 1 aliphatic heterocycles. The summed E-state index contributed by atoms with van der Waals surface area (Å²) in [6.07, 6.45) is 0. The Morgan fingerprint density at radius 1 is 1.07 bits per heavy atom. The first-order valence-corrected chi connectivity index (χ1v) is 4.65. The minimum absolute atomic E-state index is 0.140. The van der Waals surface area contributed by atoms with Crippen LogP contribution in [0.5, 0.6) is 0 Å². The lowest BCUT2D eigenvalue weighted by molar-refractivity contribution is 0.101. The van der Waals surface area contributed by atoms with Crippen LogP contribution in [0.4, 0.5) is 5.69 Å². The van der Waals surface area contributed by atoms with Gasteiger partial charge in [-0.3, -0.25) is 4.79 Å². The van der Waals surface area contributed by atoms with Crippen LogP contribution < -0.4 is 4.42 Å². The molecule has 68 valence electrons. The lowest BCUT2D eigenvalue weighted by atomic mass is 10.1. The lowest BCUT2D eigenvalue weighted by Gasteiger charge is -2.04. The minimum Gasteiger partial charge on any atom is -0.267 e. The van der Waals surface area contributed by atoms with Crippen LogP contribution in [0.1, 0.15) is 10.4 Å². The Morgan fingerprint density at radius 2 is 1.79 bits per heavy atom. The van der Waals surface area contributed by atoms with E-state index >= 15 is 0 Å². The molecule has 0 radical (unpaired) electrons. The lowest BCUT2D eigenvalue weighted by Crippen LogP contribution is -2.14. The zero-order valence-corrected chi connectivity index (χ0v) is 7.95. The monoisotopic (exact) mass is 203 g/mol. The van der Waals surface area contributed by atoms with E-state index in [-0.39, 0.29) is 5.91 Å². The van der Waals surface area contributed by atoms with Crippen molar-refractivity contribution in [2.24, 2.45) is 0 Å². The van der Waals surface area contributed by atoms with Crippen LogP contribution in [-0.2, 0) is 0 Å². The molecule has 0 aliphatic carbocycles. The second kappa shape index (κ2) is 2.49. The van der Waals surface area contributed by atoms with Gasteiger partial charge in [0.2, 0.25) is 0 Å². The van der Waals surface area contributed by atoms with Crippen molar-refractivity contribution in [2.45, 2.75) is 0 Å². The second-order valence-electron chi connectivity index (χ2n) is 3.27. The summed E-state index contributed by atoms with van der Waals surface area (Å²) in [4.78, 5) is 11.7. The quantitative estimate of drug-likeness (QED) is 0.603. The van der Waals surface area contributed by atoms with Gasteiger partial charge in [0.1, 0.15) is 0 Å². The summed E-state index contributed by atoms with van der Waals surface area (Å²) in [6, 6.07) is 11.4. The number of rotatable bonds is 0. The molecule has 0 unspecified atom stereocenters. The van der Waals surface area contributed by atoms with Gasteiger partial charge in [-0.15, -0.1) is 0 Å². The van der Waals surface area contributed by atoms with E-state index in [0.29, 0.717) is 5.56 Å². The standard InChI is InChI=1S/C11H6ClNO/c12-13-9-6-2-4-7-3-1-5-8(10(7)9)11(13)14/h1-6H. The summed E-state index contributed by atoms with van der Waals surface area (Å²) >= 11 is 5.88. The van der Waals surface area contributed by atoms with Crippen molar-refractivity contribution in [3.8, 4) is 0 Å². The molecular formula is C11H6ClNO. The summed E-state index contributed by atoms with van der Waals surface area (Å²) in [6.45, 7) is 0. The molecule has 0 aromatic heterocycles. The van der Waals surface area contributed by atoms with Crippen LogP contribution in [0.2, 0.25) is 0 Å². The Kier molecular flexibility index (Phi) is 1.39. The number of anilines is 1. The first-order chi connectivity index (χ1) is 6.79. The van der Waals surface area contributed by atoms with E-state index < -0.39 is 0 Å². The molecule has 1 amide bonds. The Hall–Kier alpha value is -1.54. The smallest absolute Gasteiger partial charge is 0.267 e. The first-order valence-electron chi connectivity index (χ1n) is 4.31. The fourth-order valence-corrected chi connectivity index (χ4v) is 2.11.